The van der Waals surface area contributed by atoms with E-state index in [-0.39, 0.29) is 9.83 Å². The fraction of sp³-hybridized carbons (Fsp3) is 0.857. The minimum absolute atomic E-state index is 0.109. The Hall–Kier alpha value is 0.200. The maximum atomic E-state index is 11.0. The van der Waals surface area contributed by atoms with Crippen molar-refractivity contribution in [2.24, 2.45) is 0 Å². The molecule has 58 valence electrons. The zero-order valence-electron chi connectivity index (χ0n) is 6.06. The molecule has 1 N–H and O–H groups in total. The van der Waals surface area contributed by atoms with E-state index in [1.54, 1.807) is 0 Å². The lowest BCUT2D eigenvalue weighted by Crippen LogP contribution is -2.42. The van der Waals surface area contributed by atoms with Gasteiger partial charge in [-0.15, -0.1) is 0 Å². The Balaban J connectivity index is 2.17. The lowest BCUT2D eigenvalue weighted by Gasteiger charge is -2.26. The van der Waals surface area contributed by atoms with Gasteiger partial charge in [0.25, 0.3) is 0 Å². The predicted molar refractivity (Wildman–Crippen MR) is 49.3 cm³/mol. The van der Waals surface area contributed by atoms with Crippen molar-refractivity contribution in [2.45, 2.75) is 36.2 Å². The van der Waals surface area contributed by atoms with E-state index >= 15 is 0 Å². The summed E-state index contributed by atoms with van der Waals surface area (Å²) in [5.74, 6) is 0.185. The summed E-state index contributed by atoms with van der Waals surface area (Å²) in [7, 11) is 0. The van der Waals surface area contributed by atoms with Gasteiger partial charge in [0.05, 0.1) is 3.92 Å². The van der Waals surface area contributed by atoms with Crippen molar-refractivity contribution >= 4 is 28.5 Å². The molecule has 0 aromatic rings. The first-order chi connectivity index (χ1) is 4.70. The number of hydrogen-bond acceptors (Lipinski definition) is 1. The van der Waals surface area contributed by atoms with Gasteiger partial charge in [-0.3, -0.25) is 4.79 Å². The molecule has 0 aromatic heterocycles. The van der Waals surface area contributed by atoms with Crippen molar-refractivity contribution in [3.8, 4) is 0 Å². The highest BCUT2D eigenvalue weighted by atomic mass is 127. The lowest BCUT2D eigenvalue weighted by atomic mass is 9.93. The fourth-order valence-corrected chi connectivity index (χ4v) is 1.05. The Labute approximate surface area is 74.9 Å². The minimum Gasteiger partial charge on any atom is -0.352 e. The van der Waals surface area contributed by atoms with Crippen LogP contribution < -0.4 is 5.32 Å². The fourth-order valence-electron chi connectivity index (χ4n) is 0.869. The first-order valence-corrected chi connectivity index (χ1v) is 4.89. The molecule has 1 unspecified atom stereocenters. The molecule has 0 aromatic carbocycles. The molecule has 3 heteroatoms. The molecule has 2 nitrogen and oxygen atoms in total. The van der Waals surface area contributed by atoms with E-state index < -0.39 is 0 Å². The van der Waals surface area contributed by atoms with Gasteiger partial charge in [0.2, 0.25) is 5.91 Å². The minimum atomic E-state index is 0.109. The van der Waals surface area contributed by atoms with Crippen LogP contribution in [0.2, 0.25) is 0 Å². The molecule has 0 spiro atoms. The molecule has 1 aliphatic rings. The quantitative estimate of drug-likeness (QED) is 0.586. The predicted octanol–water partition coefficient (Wildman–Crippen LogP) is 1.48. The summed E-state index contributed by atoms with van der Waals surface area (Å²) >= 11 is 2.13. The van der Waals surface area contributed by atoms with E-state index in [1.165, 1.54) is 19.3 Å². The molecule has 10 heavy (non-hydrogen) atoms. The molecular formula is C7H12INO. The van der Waals surface area contributed by atoms with Gasteiger partial charge >= 0.3 is 0 Å². The smallest absolute Gasteiger partial charge is 0.232 e. The third-order valence-corrected chi connectivity index (χ3v) is 2.38. The zero-order valence-corrected chi connectivity index (χ0v) is 8.22. The number of halogens is 1. The van der Waals surface area contributed by atoms with E-state index in [2.05, 4.69) is 27.9 Å². The van der Waals surface area contributed by atoms with Crippen LogP contribution in [0.1, 0.15) is 26.2 Å². The average Bonchev–Trinajstić information content (AvgIpc) is 1.77. The van der Waals surface area contributed by atoms with E-state index in [9.17, 15) is 4.79 Å². The normalized spacial score (nSPS) is 21.4. The molecule has 1 rings (SSSR count). The summed E-state index contributed by atoms with van der Waals surface area (Å²) in [5, 5.41) is 2.97. The standard InChI is InChI=1S/C7H12INO/c1-5(8)7(10)9-6-3-2-4-6/h5-6H,2-4H2,1H3,(H,9,10). The second kappa shape index (κ2) is 3.55. The maximum absolute atomic E-state index is 11.0. The van der Waals surface area contributed by atoms with E-state index in [4.69, 9.17) is 0 Å². The summed E-state index contributed by atoms with van der Waals surface area (Å²) in [4.78, 5) is 11.0. The van der Waals surface area contributed by atoms with Gasteiger partial charge in [-0.1, -0.05) is 22.6 Å². The molecule has 1 amide bonds. The van der Waals surface area contributed by atoms with Gasteiger partial charge in [-0.25, -0.2) is 0 Å². The number of rotatable bonds is 2. The number of nitrogens with one attached hydrogen (secondary N) is 1. The van der Waals surface area contributed by atoms with Crippen LogP contribution >= 0.6 is 22.6 Å². The van der Waals surface area contributed by atoms with Crippen molar-refractivity contribution in [3.05, 3.63) is 0 Å². The molecule has 0 aliphatic heterocycles. The van der Waals surface area contributed by atoms with Gasteiger partial charge in [0.15, 0.2) is 0 Å². The van der Waals surface area contributed by atoms with Crippen molar-refractivity contribution in [1.29, 1.82) is 0 Å². The average molecular weight is 253 g/mol. The number of amides is 1. The summed E-state index contributed by atoms with van der Waals surface area (Å²) in [5.41, 5.74) is 0. The molecule has 1 saturated carbocycles. The van der Waals surface area contributed by atoms with Gasteiger partial charge in [-0.05, 0) is 26.2 Å². The molecule has 1 fully saturated rings. The van der Waals surface area contributed by atoms with Gasteiger partial charge in [0.1, 0.15) is 0 Å². The SMILES string of the molecule is CC(I)C(=O)NC1CCC1. The van der Waals surface area contributed by atoms with Gasteiger partial charge in [0, 0.05) is 6.04 Å². The summed E-state index contributed by atoms with van der Waals surface area (Å²) in [6.07, 6.45) is 3.63. The molecule has 0 radical (unpaired) electrons. The van der Waals surface area contributed by atoms with E-state index in [0.29, 0.717) is 6.04 Å². The molecule has 1 atom stereocenters. The third-order valence-electron chi connectivity index (χ3n) is 1.81. The Morgan fingerprint density at radius 1 is 1.70 bits per heavy atom. The molecule has 0 bridgehead atoms. The maximum Gasteiger partial charge on any atom is 0.232 e. The second-order valence-corrected chi connectivity index (χ2v) is 4.62. The second-order valence-electron chi connectivity index (χ2n) is 2.75. The monoisotopic (exact) mass is 253 g/mol. The lowest BCUT2D eigenvalue weighted by molar-refractivity contribution is -0.121. The van der Waals surface area contributed by atoms with Crippen LogP contribution in [0.3, 0.4) is 0 Å². The first kappa shape index (κ1) is 8.30. The molecule has 0 heterocycles. The van der Waals surface area contributed by atoms with Crippen molar-refractivity contribution < 1.29 is 4.79 Å². The number of carbonyl (C=O) groups excluding carboxylic acids is 1. The highest BCUT2D eigenvalue weighted by Crippen LogP contribution is 2.18. The van der Waals surface area contributed by atoms with Crippen LogP contribution in [0.4, 0.5) is 0 Å². The van der Waals surface area contributed by atoms with Crippen LogP contribution in [0.25, 0.3) is 0 Å². The third kappa shape index (κ3) is 2.11. The van der Waals surface area contributed by atoms with Gasteiger partial charge in [-0.2, -0.15) is 0 Å². The highest BCUT2D eigenvalue weighted by molar-refractivity contribution is 14.1. The van der Waals surface area contributed by atoms with Crippen molar-refractivity contribution in [2.75, 3.05) is 0 Å². The highest BCUT2D eigenvalue weighted by Gasteiger charge is 2.20. The number of carbonyl (C=O) groups is 1. The van der Waals surface area contributed by atoms with Crippen LogP contribution in [-0.4, -0.2) is 15.9 Å². The molecule has 0 saturated heterocycles. The Morgan fingerprint density at radius 3 is 2.60 bits per heavy atom. The van der Waals surface area contributed by atoms with Crippen molar-refractivity contribution in [1.82, 2.24) is 5.32 Å². The van der Waals surface area contributed by atoms with Crippen LogP contribution in [0, 0.1) is 0 Å². The Kier molecular flexibility index (Phi) is 2.95. The molecule has 1 aliphatic carbocycles. The first-order valence-electron chi connectivity index (χ1n) is 3.64. The molecular weight excluding hydrogens is 241 g/mol. The van der Waals surface area contributed by atoms with E-state index in [0.717, 1.165) is 0 Å². The van der Waals surface area contributed by atoms with E-state index in [1.807, 2.05) is 6.92 Å². The summed E-state index contributed by atoms with van der Waals surface area (Å²) in [6.45, 7) is 1.91. The van der Waals surface area contributed by atoms with Gasteiger partial charge < -0.3 is 5.32 Å². The summed E-state index contributed by atoms with van der Waals surface area (Å²) in [6, 6.07) is 0.490. The number of hydrogen-bond donors (Lipinski definition) is 1. The number of alkyl halides is 1. The Bertz CT molecular complexity index is 132. The zero-order chi connectivity index (χ0) is 7.56. The van der Waals surface area contributed by atoms with Crippen molar-refractivity contribution in [3.63, 3.8) is 0 Å². The van der Waals surface area contributed by atoms with Crippen LogP contribution in [0.15, 0.2) is 0 Å². The Morgan fingerprint density at radius 2 is 2.30 bits per heavy atom. The summed E-state index contributed by atoms with van der Waals surface area (Å²) < 4.78 is 0.109. The van der Waals surface area contributed by atoms with Crippen LogP contribution in [-0.2, 0) is 4.79 Å². The topological polar surface area (TPSA) is 29.1 Å². The van der Waals surface area contributed by atoms with Crippen LogP contribution in [0.5, 0.6) is 0 Å². The largest absolute Gasteiger partial charge is 0.352 e.